The number of unbranched alkanes of at least 4 members (excludes halogenated alkanes) is 1. The highest BCUT2D eigenvalue weighted by atomic mass is 32.2. The second-order valence-electron chi connectivity index (χ2n) is 4.49. The van der Waals surface area contributed by atoms with Crippen LogP contribution in [0.4, 0.5) is 0 Å². The zero-order chi connectivity index (χ0) is 14.6. The summed E-state index contributed by atoms with van der Waals surface area (Å²) >= 11 is 1.86. The van der Waals surface area contributed by atoms with Crippen molar-refractivity contribution in [1.82, 2.24) is 10.2 Å². The topological polar surface area (TPSA) is 27.6 Å². The minimum Gasteiger partial charge on any atom is -0.355 e. The highest BCUT2D eigenvalue weighted by molar-refractivity contribution is 7.99. The third-order valence-corrected chi connectivity index (χ3v) is 3.89. The van der Waals surface area contributed by atoms with Gasteiger partial charge in [-0.25, -0.2) is 0 Å². The summed E-state index contributed by atoms with van der Waals surface area (Å²) in [6.07, 6.45) is 4.12. The average molecular weight is 291 g/mol. The molecular weight excluding hydrogens is 266 g/mol. The van der Waals surface area contributed by atoms with Crippen molar-refractivity contribution in [3.8, 4) is 0 Å². The summed E-state index contributed by atoms with van der Waals surface area (Å²) in [5.74, 6) is 1.99. The Morgan fingerprint density at radius 2 is 2.15 bits per heavy atom. The second kappa shape index (κ2) is 10.4. The third kappa shape index (κ3) is 6.66. The van der Waals surface area contributed by atoms with Crippen LogP contribution in [0.1, 0.15) is 12.8 Å². The van der Waals surface area contributed by atoms with Gasteiger partial charge in [-0.15, -0.1) is 18.3 Å². The van der Waals surface area contributed by atoms with Gasteiger partial charge < -0.3 is 10.2 Å². The molecule has 0 saturated heterocycles. The Labute approximate surface area is 127 Å². The Bertz CT molecular complexity index is 403. The van der Waals surface area contributed by atoms with Crippen LogP contribution in [-0.2, 0) is 0 Å². The van der Waals surface area contributed by atoms with E-state index in [2.05, 4.69) is 53.1 Å². The van der Waals surface area contributed by atoms with E-state index in [1.807, 2.05) is 31.0 Å². The van der Waals surface area contributed by atoms with E-state index in [4.69, 9.17) is 0 Å². The molecule has 0 atom stereocenters. The lowest BCUT2D eigenvalue weighted by Crippen LogP contribution is -2.40. The smallest absolute Gasteiger partial charge is 0.193 e. The van der Waals surface area contributed by atoms with E-state index in [0.29, 0.717) is 0 Å². The fourth-order valence-electron chi connectivity index (χ4n) is 1.81. The summed E-state index contributed by atoms with van der Waals surface area (Å²) < 4.78 is 0. The monoisotopic (exact) mass is 291 g/mol. The van der Waals surface area contributed by atoms with E-state index < -0.39 is 0 Å². The van der Waals surface area contributed by atoms with Gasteiger partial charge in [0.2, 0.25) is 0 Å². The van der Waals surface area contributed by atoms with Gasteiger partial charge in [0.15, 0.2) is 5.96 Å². The average Bonchev–Trinajstić information content (AvgIpc) is 2.48. The van der Waals surface area contributed by atoms with Gasteiger partial charge in [-0.05, 0) is 25.0 Å². The fourth-order valence-corrected chi connectivity index (χ4v) is 2.60. The summed E-state index contributed by atoms with van der Waals surface area (Å²) in [5, 5.41) is 3.40. The predicted molar refractivity (Wildman–Crippen MR) is 90.6 cm³/mol. The molecule has 1 aromatic rings. The molecule has 1 N–H and O–H groups in total. The van der Waals surface area contributed by atoms with Crippen LogP contribution in [0.5, 0.6) is 0 Å². The number of hydrogen-bond acceptors (Lipinski definition) is 2. The molecule has 0 spiro atoms. The number of aliphatic imine (C=N–C) groups is 1. The van der Waals surface area contributed by atoms with Crippen LogP contribution in [-0.4, -0.2) is 43.8 Å². The first-order valence-electron chi connectivity index (χ1n) is 6.98. The minimum atomic E-state index is 0.915. The minimum absolute atomic E-state index is 0.915. The molecule has 0 amide bonds. The summed E-state index contributed by atoms with van der Waals surface area (Å²) in [7, 11) is 3.90. The number of nitrogens with one attached hydrogen (secondary N) is 1. The lowest BCUT2D eigenvalue weighted by Gasteiger charge is -2.21. The van der Waals surface area contributed by atoms with Gasteiger partial charge in [0.25, 0.3) is 0 Å². The van der Waals surface area contributed by atoms with Gasteiger partial charge in [0, 0.05) is 37.8 Å². The summed E-state index contributed by atoms with van der Waals surface area (Å²) in [6.45, 7) is 5.66. The van der Waals surface area contributed by atoms with Crippen LogP contribution in [0, 0.1) is 0 Å². The molecule has 1 aromatic carbocycles. The van der Waals surface area contributed by atoms with Gasteiger partial charge in [-0.1, -0.05) is 24.3 Å². The van der Waals surface area contributed by atoms with Crippen molar-refractivity contribution >= 4 is 17.7 Å². The lowest BCUT2D eigenvalue weighted by atomic mass is 10.3. The van der Waals surface area contributed by atoms with E-state index in [-0.39, 0.29) is 0 Å². The van der Waals surface area contributed by atoms with Crippen molar-refractivity contribution in [2.24, 2.45) is 4.99 Å². The first kappa shape index (κ1) is 16.6. The molecule has 0 radical (unpaired) electrons. The summed E-state index contributed by atoms with van der Waals surface area (Å²) in [4.78, 5) is 7.78. The fraction of sp³-hybridized carbons (Fsp3) is 0.438. The van der Waals surface area contributed by atoms with Crippen molar-refractivity contribution in [3.63, 3.8) is 0 Å². The van der Waals surface area contributed by atoms with Gasteiger partial charge >= 0.3 is 0 Å². The number of rotatable bonds is 8. The highest BCUT2D eigenvalue weighted by Gasteiger charge is 2.04. The van der Waals surface area contributed by atoms with Crippen LogP contribution in [0.25, 0.3) is 0 Å². The molecule has 20 heavy (non-hydrogen) atoms. The molecule has 0 aliphatic heterocycles. The highest BCUT2D eigenvalue weighted by Crippen LogP contribution is 2.15. The Morgan fingerprint density at radius 3 is 2.80 bits per heavy atom. The molecule has 1 rings (SSSR count). The second-order valence-corrected chi connectivity index (χ2v) is 5.66. The number of benzene rings is 1. The predicted octanol–water partition coefficient (Wildman–Crippen LogP) is 3.25. The van der Waals surface area contributed by atoms with Crippen molar-refractivity contribution in [3.05, 3.63) is 43.0 Å². The standard InChI is InChI=1S/C16H25N3S/c1-4-5-9-13-19(3)16(17-2)18-12-14-20-15-10-7-6-8-11-15/h4,6-8,10-11H,1,5,9,12-14H2,2-3H3,(H,17,18). The van der Waals surface area contributed by atoms with Crippen LogP contribution >= 0.6 is 11.8 Å². The van der Waals surface area contributed by atoms with Crippen LogP contribution in [0.2, 0.25) is 0 Å². The first-order chi connectivity index (χ1) is 9.77. The molecular formula is C16H25N3S. The molecule has 0 heterocycles. The maximum absolute atomic E-state index is 4.31. The largest absolute Gasteiger partial charge is 0.355 e. The van der Waals surface area contributed by atoms with E-state index >= 15 is 0 Å². The molecule has 0 bridgehead atoms. The van der Waals surface area contributed by atoms with E-state index in [1.54, 1.807) is 0 Å². The molecule has 0 aliphatic carbocycles. The zero-order valence-electron chi connectivity index (χ0n) is 12.5. The molecule has 110 valence electrons. The number of guanidine groups is 1. The van der Waals surface area contributed by atoms with Crippen LogP contribution in [0.3, 0.4) is 0 Å². The Morgan fingerprint density at radius 1 is 1.40 bits per heavy atom. The molecule has 0 aromatic heterocycles. The van der Waals surface area contributed by atoms with Gasteiger partial charge in [0.05, 0.1) is 0 Å². The molecule has 4 heteroatoms. The van der Waals surface area contributed by atoms with Crippen molar-refractivity contribution in [2.75, 3.05) is 32.9 Å². The number of nitrogens with zero attached hydrogens (tertiary/aromatic N) is 2. The van der Waals surface area contributed by atoms with E-state index in [0.717, 1.165) is 37.6 Å². The number of hydrogen-bond donors (Lipinski definition) is 1. The number of allylic oxidation sites excluding steroid dienone is 1. The van der Waals surface area contributed by atoms with Crippen molar-refractivity contribution in [2.45, 2.75) is 17.7 Å². The van der Waals surface area contributed by atoms with Crippen molar-refractivity contribution in [1.29, 1.82) is 0 Å². The Kier molecular flexibility index (Phi) is 8.63. The molecule has 0 unspecified atom stereocenters. The van der Waals surface area contributed by atoms with E-state index in [9.17, 15) is 0 Å². The molecule has 0 aliphatic rings. The maximum atomic E-state index is 4.31. The van der Waals surface area contributed by atoms with Crippen LogP contribution in [0.15, 0.2) is 52.9 Å². The lowest BCUT2D eigenvalue weighted by molar-refractivity contribution is 0.472. The summed E-state index contributed by atoms with van der Waals surface area (Å²) in [5.41, 5.74) is 0. The van der Waals surface area contributed by atoms with Crippen LogP contribution < -0.4 is 5.32 Å². The molecule has 3 nitrogen and oxygen atoms in total. The molecule has 0 fully saturated rings. The van der Waals surface area contributed by atoms with Crippen molar-refractivity contribution < 1.29 is 0 Å². The number of thioether (sulfide) groups is 1. The Balaban J connectivity index is 2.22. The quantitative estimate of drug-likeness (QED) is 0.262. The first-order valence-corrected chi connectivity index (χ1v) is 7.97. The Hall–Kier alpha value is -1.42. The van der Waals surface area contributed by atoms with Gasteiger partial charge in [-0.2, -0.15) is 0 Å². The zero-order valence-corrected chi connectivity index (χ0v) is 13.3. The third-order valence-electron chi connectivity index (χ3n) is 2.87. The van der Waals surface area contributed by atoms with Gasteiger partial charge in [0.1, 0.15) is 0 Å². The summed E-state index contributed by atoms with van der Waals surface area (Å²) in [6, 6.07) is 10.5. The SMILES string of the molecule is C=CCCCN(C)C(=NC)NCCSc1ccccc1. The van der Waals surface area contributed by atoms with Gasteiger partial charge in [-0.3, -0.25) is 4.99 Å². The maximum Gasteiger partial charge on any atom is 0.193 e. The van der Waals surface area contributed by atoms with E-state index in [1.165, 1.54) is 4.90 Å². The molecule has 0 saturated carbocycles. The normalized spacial score (nSPS) is 11.2.